The van der Waals surface area contributed by atoms with Crippen LogP contribution in [0, 0.1) is 0 Å². The zero-order chi connectivity index (χ0) is 22.9. The van der Waals surface area contributed by atoms with Gasteiger partial charge in [0, 0.05) is 6.42 Å². The Kier molecular flexibility index (Phi) is 8.07. The molecule has 1 aliphatic rings. The monoisotopic (exact) mass is 452 g/mol. The number of hydrogen-bond donors (Lipinski definition) is 1. The standard InChI is InChI=1S/C27H29FO5/c28-20-27(29)16-24(31-17-21-10-4-1-5-11-21)26(32-18-22-12-6-2-7-13-22)25(33-27)19-30-23-14-8-3-9-15-23/h1-15,24-26,29H,16-20H2/t24-,25-,26+,27-/m1/s1. The summed E-state index contributed by atoms with van der Waals surface area (Å²) in [5.41, 5.74) is 1.97. The molecule has 1 saturated heterocycles. The van der Waals surface area contributed by atoms with E-state index in [9.17, 15) is 9.50 Å². The van der Waals surface area contributed by atoms with Crippen molar-refractivity contribution in [2.75, 3.05) is 13.3 Å². The Bertz CT molecular complexity index is 901. The van der Waals surface area contributed by atoms with Crippen molar-refractivity contribution in [3.63, 3.8) is 0 Å². The molecule has 1 aliphatic heterocycles. The van der Waals surface area contributed by atoms with Crippen LogP contribution in [-0.2, 0) is 27.4 Å². The van der Waals surface area contributed by atoms with E-state index in [1.165, 1.54) is 0 Å². The maximum absolute atomic E-state index is 13.8. The zero-order valence-electron chi connectivity index (χ0n) is 18.4. The van der Waals surface area contributed by atoms with Crippen molar-refractivity contribution in [2.24, 2.45) is 0 Å². The molecule has 3 aromatic carbocycles. The minimum absolute atomic E-state index is 0.0440. The first kappa shape index (κ1) is 23.4. The molecule has 33 heavy (non-hydrogen) atoms. The Balaban J connectivity index is 1.52. The van der Waals surface area contributed by atoms with Gasteiger partial charge in [0.25, 0.3) is 0 Å². The second kappa shape index (κ2) is 11.4. The predicted octanol–water partition coefficient (Wildman–Crippen LogP) is 4.68. The van der Waals surface area contributed by atoms with Gasteiger partial charge in [0.2, 0.25) is 0 Å². The molecule has 0 unspecified atom stereocenters. The fourth-order valence-electron chi connectivity index (χ4n) is 3.89. The lowest BCUT2D eigenvalue weighted by Crippen LogP contribution is -2.59. The summed E-state index contributed by atoms with van der Waals surface area (Å²) in [5.74, 6) is -1.31. The summed E-state index contributed by atoms with van der Waals surface area (Å²) in [7, 11) is 0. The SMILES string of the molecule is O[C@]1(CF)C[C@@H](OCc2ccccc2)[C@H](OCc2ccccc2)[C@@H](COc2ccccc2)O1. The Morgan fingerprint density at radius 2 is 1.36 bits per heavy atom. The molecule has 0 aliphatic carbocycles. The number of ether oxygens (including phenoxy) is 4. The molecule has 174 valence electrons. The molecule has 1 heterocycles. The summed E-state index contributed by atoms with van der Waals surface area (Å²) in [5, 5.41) is 10.7. The van der Waals surface area contributed by atoms with Gasteiger partial charge in [-0.25, -0.2) is 4.39 Å². The molecule has 1 fully saturated rings. The van der Waals surface area contributed by atoms with E-state index in [0.29, 0.717) is 19.0 Å². The maximum Gasteiger partial charge on any atom is 0.197 e. The second-order valence-electron chi connectivity index (χ2n) is 8.16. The van der Waals surface area contributed by atoms with E-state index in [1.807, 2.05) is 91.0 Å². The smallest absolute Gasteiger partial charge is 0.197 e. The number of rotatable bonds is 10. The molecular weight excluding hydrogens is 423 g/mol. The first-order chi connectivity index (χ1) is 16.1. The molecule has 0 aromatic heterocycles. The minimum Gasteiger partial charge on any atom is -0.491 e. The number of para-hydroxylation sites is 1. The van der Waals surface area contributed by atoms with E-state index in [4.69, 9.17) is 18.9 Å². The molecule has 6 heteroatoms. The van der Waals surface area contributed by atoms with Crippen molar-refractivity contribution < 1.29 is 28.4 Å². The fraction of sp³-hybridized carbons (Fsp3) is 0.333. The summed E-state index contributed by atoms with van der Waals surface area (Å²) in [6.07, 6.45) is -1.93. The van der Waals surface area contributed by atoms with E-state index < -0.39 is 30.8 Å². The van der Waals surface area contributed by atoms with Crippen molar-refractivity contribution in [2.45, 2.75) is 43.7 Å². The fourth-order valence-corrected chi connectivity index (χ4v) is 3.89. The van der Waals surface area contributed by atoms with Crippen LogP contribution in [-0.4, -0.2) is 42.5 Å². The molecule has 0 radical (unpaired) electrons. The van der Waals surface area contributed by atoms with Gasteiger partial charge >= 0.3 is 0 Å². The minimum atomic E-state index is -1.96. The van der Waals surface area contributed by atoms with Gasteiger partial charge < -0.3 is 24.1 Å². The molecule has 5 nitrogen and oxygen atoms in total. The van der Waals surface area contributed by atoms with Crippen LogP contribution in [0.1, 0.15) is 17.5 Å². The maximum atomic E-state index is 13.8. The molecule has 0 bridgehead atoms. The van der Waals surface area contributed by atoms with Crippen LogP contribution in [0.15, 0.2) is 91.0 Å². The van der Waals surface area contributed by atoms with E-state index in [-0.39, 0.29) is 13.0 Å². The van der Waals surface area contributed by atoms with E-state index in [0.717, 1.165) is 11.1 Å². The lowest BCUT2D eigenvalue weighted by molar-refractivity contribution is -0.320. The van der Waals surface area contributed by atoms with Gasteiger partial charge in [-0.2, -0.15) is 0 Å². The Labute approximate surface area is 193 Å². The largest absolute Gasteiger partial charge is 0.491 e. The molecule has 3 aromatic rings. The number of hydrogen-bond acceptors (Lipinski definition) is 5. The van der Waals surface area contributed by atoms with Gasteiger partial charge in [-0.1, -0.05) is 78.9 Å². The molecule has 4 atom stereocenters. The summed E-state index contributed by atoms with van der Waals surface area (Å²) in [6, 6.07) is 28.7. The third kappa shape index (κ3) is 6.62. The topological polar surface area (TPSA) is 57.2 Å². The average Bonchev–Trinajstić information content (AvgIpc) is 2.87. The van der Waals surface area contributed by atoms with Crippen molar-refractivity contribution >= 4 is 0 Å². The van der Waals surface area contributed by atoms with Gasteiger partial charge in [0.05, 0.1) is 19.3 Å². The first-order valence-corrected chi connectivity index (χ1v) is 11.1. The molecule has 0 saturated carbocycles. The van der Waals surface area contributed by atoms with Crippen LogP contribution in [0.5, 0.6) is 5.75 Å². The first-order valence-electron chi connectivity index (χ1n) is 11.1. The molecule has 0 spiro atoms. The van der Waals surface area contributed by atoms with Crippen molar-refractivity contribution in [3.05, 3.63) is 102 Å². The van der Waals surface area contributed by atoms with Crippen molar-refractivity contribution in [1.82, 2.24) is 0 Å². The second-order valence-corrected chi connectivity index (χ2v) is 8.16. The zero-order valence-corrected chi connectivity index (χ0v) is 18.4. The Morgan fingerprint density at radius 3 is 1.94 bits per heavy atom. The highest BCUT2D eigenvalue weighted by Crippen LogP contribution is 2.33. The van der Waals surface area contributed by atoms with Gasteiger partial charge in [-0.3, -0.25) is 0 Å². The molecule has 0 amide bonds. The van der Waals surface area contributed by atoms with Gasteiger partial charge in [0.15, 0.2) is 5.79 Å². The molecule has 1 N–H and O–H groups in total. The van der Waals surface area contributed by atoms with E-state index >= 15 is 0 Å². The summed E-state index contributed by atoms with van der Waals surface area (Å²) in [6.45, 7) is -0.330. The van der Waals surface area contributed by atoms with Crippen molar-refractivity contribution in [1.29, 1.82) is 0 Å². The highest BCUT2D eigenvalue weighted by molar-refractivity contribution is 5.21. The summed E-state index contributed by atoms with van der Waals surface area (Å²) >= 11 is 0. The van der Waals surface area contributed by atoms with Crippen LogP contribution >= 0.6 is 0 Å². The lowest BCUT2D eigenvalue weighted by Gasteiger charge is -2.44. The predicted molar refractivity (Wildman–Crippen MR) is 122 cm³/mol. The highest BCUT2D eigenvalue weighted by atomic mass is 19.1. The van der Waals surface area contributed by atoms with E-state index in [2.05, 4.69) is 0 Å². The van der Waals surface area contributed by atoms with Crippen LogP contribution in [0.25, 0.3) is 0 Å². The van der Waals surface area contributed by atoms with Gasteiger partial charge in [-0.15, -0.1) is 0 Å². The molecule has 4 rings (SSSR count). The van der Waals surface area contributed by atoms with Crippen LogP contribution in [0.4, 0.5) is 4.39 Å². The van der Waals surface area contributed by atoms with Crippen LogP contribution < -0.4 is 4.74 Å². The summed E-state index contributed by atoms with van der Waals surface area (Å²) in [4.78, 5) is 0. The van der Waals surface area contributed by atoms with Gasteiger partial charge in [-0.05, 0) is 23.3 Å². The third-order valence-electron chi connectivity index (χ3n) is 5.58. The number of aliphatic hydroxyl groups is 1. The number of halogens is 1. The van der Waals surface area contributed by atoms with Gasteiger partial charge in [0.1, 0.15) is 31.2 Å². The van der Waals surface area contributed by atoms with E-state index in [1.54, 1.807) is 0 Å². The summed E-state index contributed by atoms with van der Waals surface area (Å²) < 4.78 is 37.9. The lowest BCUT2D eigenvalue weighted by atomic mass is 9.95. The number of benzene rings is 3. The third-order valence-corrected chi connectivity index (χ3v) is 5.58. The quantitative estimate of drug-likeness (QED) is 0.484. The highest BCUT2D eigenvalue weighted by Gasteiger charge is 2.48. The van der Waals surface area contributed by atoms with Crippen LogP contribution in [0.3, 0.4) is 0 Å². The average molecular weight is 453 g/mol. The number of alkyl halides is 1. The van der Waals surface area contributed by atoms with Crippen LogP contribution in [0.2, 0.25) is 0 Å². The Morgan fingerprint density at radius 1 is 0.818 bits per heavy atom. The Hall–Kier alpha value is -2.77. The normalized spacial score (nSPS) is 25.0. The van der Waals surface area contributed by atoms with Crippen molar-refractivity contribution in [3.8, 4) is 5.75 Å². The molecular formula is C27H29FO5.